The van der Waals surface area contributed by atoms with E-state index in [1.54, 1.807) is 11.9 Å². The summed E-state index contributed by atoms with van der Waals surface area (Å²) < 4.78 is 12.7. The van der Waals surface area contributed by atoms with Crippen LogP contribution in [0.1, 0.15) is 44.8 Å². The van der Waals surface area contributed by atoms with E-state index in [1.807, 2.05) is 32.0 Å². The van der Waals surface area contributed by atoms with Crippen molar-refractivity contribution >= 4 is 27.8 Å². The van der Waals surface area contributed by atoms with Crippen molar-refractivity contribution in [3.8, 4) is 5.75 Å². The lowest BCUT2D eigenvalue weighted by molar-refractivity contribution is -0.162. The predicted octanol–water partition coefficient (Wildman–Crippen LogP) is 3.46. The number of esters is 1. The van der Waals surface area contributed by atoms with E-state index in [4.69, 9.17) is 9.47 Å². The number of fused-ring (bicyclic) bond motifs is 1. The van der Waals surface area contributed by atoms with Gasteiger partial charge in [-0.15, -0.1) is 0 Å². The van der Waals surface area contributed by atoms with Crippen LogP contribution in [0.25, 0.3) is 0 Å². The first kappa shape index (κ1) is 17.3. The van der Waals surface area contributed by atoms with Crippen LogP contribution in [0.5, 0.6) is 5.75 Å². The fraction of sp³-hybridized carbons (Fsp3) is 0.556. The number of nitrogens with zero attached hydrogens (tertiary/aromatic N) is 1. The number of piperidine rings is 1. The third-order valence-electron chi connectivity index (χ3n) is 4.63. The maximum absolute atomic E-state index is 12.6. The second-order valence-electron chi connectivity index (χ2n) is 7.18. The Morgan fingerprint density at radius 3 is 2.88 bits per heavy atom. The Bertz CT molecular complexity index is 673. The van der Waals surface area contributed by atoms with Crippen molar-refractivity contribution in [2.24, 2.45) is 5.92 Å². The molecular weight excluding hydrogens is 374 g/mol. The van der Waals surface area contributed by atoms with E-state index in [1.165, 1.54) is 0 Å². The molecule has 0 radical (unpaired) electrons. The lowest BCUT2D eigenvalue weighted by atomic mass is 9.91. The topological polar surface area (TPSA) is 55.8 Å². The molecule has 1 aromatic rings. The molecule has 2 atom stereocenters. The van der Waals surface area contributed by atoms with Gasteiger partial charge in [0.05, 0.1) is 5.92 Å². The normalized spacial score (nSPS) is 25.7. The van der Waals surface area contributed by atoms with Gasteiger partial charge in [-0.3, -0.25) is 9.59 Å². The molecule has 1 saturated heterocycles. The van der Waals surface area contributed by atoms with Gasteiger partial charge in [-0.25, -0.2) is 0 Å². The highest BCUT2D eigenvalue weighted by Gasteiger charge is 2.38. The lowest BCUT2D eigenvalue weighted by Gasteiger charge is -2.38. The van der Waals surface area contributed by atoms with Gasteiger partial charge in [-0.1, -0.05) is 15.9 Å². The molecule has 2 unspecified atom stereocenters. The van der Waals surface area contributed by atoms with Crippen LogP contribution < -0.4 is 4.74 Å². The van der Waals surface area contributed by atoms with E-state index in [2.05, 4.69) is 15.9 Å². The van der Waals surface area contributed by atoms with Crippen LogP contribution >= 0.6 is 15.9 Å². The summed E-state index contributed by atoms with van der Waals surface area (Å²) in [6.07, 6.45) is 1.11. The smallest absolute Gasteiger partial charge is 0.310 e. The third-order valence-corrected chi connectivity index (χ3v) is 5.13. The van der Waals surface area contributed by atoms with E-state index in [0.29, 0.717) is 19.4 Å². The highest BCUT2D eigenvalue weighted by atomic mass is 79.9. The maximum Gasteiger partial charge on any atom is 0.310 e. The summed E-state index contributed by atoms with van der Waals surface area (Å²) in [4.78, 5) is 26.1. The lowest BCUT2D eigenvalue weighted by Crippen LogP contribution is -2.40. The molecule has 5 nitrogen and oxygen atoms in total. The minimum absolute atomic E-state index is 0.00125. The van der Waals surface area contributed by atoms with Crippen LogP contribution in [0, 0.1) is 5.92 Å². The Morgan fingerprint density at radius 2 is 2.17 bits per heavy atom. The zero-order valence-corrected chi connectivity index (χ0v) is 15.8. The molecule has 6 heteroatoms. The van der Waals surface area contributed by atoms with Crippen LogP contribution in [0.3, 0.4) is 0 Å². The standard InChI is InChI=1S/C18H22BrNO4/c1-18(2)10-15(13-9-12(19)4-5-14(13)24-18)23-17(22)11-6-7-20(3)16(21)8-11/h4-5,9,11,15H,6-8,10H2,1-3H3. The number of likely N-dealkylation sites (tertiary alicyclic amines) is 1. The van der Waals surface area contributed by atoms with Crippen LogP contribution in [0.4, 0.5) is 0 Å². The van der Waals surface area contributed by atoms with Gasteiger partial charge in [0, 0.05) is 36.5 Å². The first-order chi connectivity index (χ1) is 11.2. The van der Waals surface area contributed by atoms with E-state index in [0.717, 1.165) is 15.8 Å². The van der Waals surface area contributed by atoms with Crippen molar-refractivity contribution in [2.45, 2.75) is 44.8 Å². The summed E-state index contributed by atoms with van der Waals surface area (Å²) in [6, 6.07) is 5.73. The molecule has 0 saturated carbocycles. The molecule has 1 amide bonds. The van der Waals surface area contributed by atoms with Gasteiger partial charge in [-0.2, -0.15) is 0 Å². The van der Waals surface area contributed by atoms with Crippen molar-refractivity contribution in [1.82, 2.24) is 4.90 Å². The molecule has 0 N–H and O–H groups in total. The quantitative estimate of drug-likeness (QED) is 0.719. The molecular formula is C18H22BrNO4. The minimum Gasteiger partial charge on any atom is -0.487 e. The number of benzene rings is 1. The van der Waals surface area contributed by atoms with Gasteiger partial charge in [-0.05, 0) is 38.5 Å². The maximum atomic E-state index is 12.6. The van der Waals surface area contributed by atoms with E-state index in [9.17, 15) is 9.59 Å². The number of hydrogen-bond donors (Lipinski definition) is 0. The average Bonchev–Trinajstić information content (AvgIpc) is 2.50. The Kier molecular flexibility index (Phi) is 4.60. The number of rotatable bonds is 2. The van der Waals surface area contributed by atoms with Crippen molar-refractivity contribution in [2.75, 3.05) is 13.6 Å². The second-order valence-corrected chi connectivity index (χ2v) is 8.09. The Balaban J connectivity index is 1.78. The van der Waals surface area contributed by atoms with Gasteiger partial charge >= 0.3 is 5.97 Å². The Labute approximate surface area is 150 Å². The van der Waals surface area contributed by atoms with Gasteiger partial charge in [0.25, 0.3) is 0 Å². The number of amides is 1. The van der Waals surface area contributed by atoms with Crippen molar-refractivity contribution in [1.29, 1.82) is 0 Å². The van der Waals surface area contributed by atoms with Crippen molar-refractivity contribution in [3.63, 3.8) is 0 Å². The molecule has 3 rings (SSSR count). The van der Waals surface area contributed by atoms with Gasteiger partial charge in [0.2, 0.25) is 5.91 Å². The molecule has 130 valence electrons. The number of halogens is 1. The molecule has 0 aliphatic carbocycles. The summed E-state index contributed by atoms with van der Waals surface area (Å²) in [5.74, 6) is 0.102. The fourth-order valence-electron chi connectivity index (χ4n) is 3.25. The van der Waals surface area contributed by atoms with Crippen molar-refractivity contribution < 1.29 is 19.1 Å². The van der Waals surface area contributed by atoms with Crippen LogP contribution in [0.2, 0.25) is 0 Å². The van der Waals surface area contributed by atoms with Gasteiger partial charge in [0.1, 0.15) is 17.5 Å². The van der Waals surface area contributed by atoms with E-state index >= 15 is 0 Å². The number of carbonyl (C=O) groups is 2. The average molecular weight is 396 g/mol. The molecule has 2 heterocycles. The third kappa shape index (κ3) is 3.58. The molecule has 0 aromatic heterocycles. The minimum atomic E-state index is -0.408. The Morgan fingerprint density at radius 1 is 1.42 bits per heavy atom. The molecule has 1 fully saturated rings. The van der Waals surface area contributed by atoms with E-state index < -0.39 is 5.60 Å². The number of ether oxygens (including phenoxy) is 2. The Hall–Kier alpha value is -1.56. The SMILES string of the molecule is CN1CCC(C(=O)OC2CC(C)(C)Oc3ccc(Br)cc32)CC1=O. The number of hydrogen-bond acceptors (Lipinski definition) is 4. The zero-order valence-electron chi connectivity index (χ0n) is 14.2. The monoisotopic (exact) mass is 395 g/mol. The molecule has 1 aromatic carbocycles. The zero-order chi connectivity index (χ0) is 17.5. The largest absolute Gasteiger partial charge is 0.487 e. The van der Waals surface area contributed by atoms with Crippen LogP contribution in [-0.4, -0.2) is 36.0 Å². The first-order valence-corrected chi connectivity index (χ1v) is 8.97. The van der Waals surface area contributed by atoms with Gasteiger partial charge < -0.3 is 14.4 Å². The molecule has 24 heavy (non-hydrogen) atoms. The predicted molar refractivity (Wildman–Crippen MR) is 92.7 cm³/mol. The van der Waals surface area contributed by atoms with Crippen LogP contribution in [0.15, 0.2) is 22.7 Å². The number of carbonyl (C=O) groups excluding carboxylic acids is 2. The summed E-state index contributed by atoms with van der Waals surface area (Å²) in [6.45, 7) is 4.57. The molecule has 2 aliphatic heterocycles. The first-order valence-electron chi connectivity index (χ1n) is 8.18. The molecule has 0 bridgehead atoms. The summed E-state index contributed by atoms with van der Waals surface area (Å²) in [5.41, 5.74) is 0.463. The highest BCUT2D eigenvalue weighted by molar-refractivity contribution is 9.10. The second kappa shape index (κ2) is 6.39. The summed E-state index contributed by atoms with van der Waals surface area (Å²) in [5, 5.41) is 0. The van der Waals surface area contributed by atoms with Gasteiger partial charge in [0.15, 0.2) is 0 Å². The van der Waals surface area contributed by atoms with Crippen molar-refractivity contribution in [3.05, 3.63) is 28.2 Å². The molecule has 2 aliphatic rings. The fourth-order valence-corrected chi connectivity index (χ4v) is 3.62. The summed E-state index contributed by atoms with van der Waals surface area (Å²) >= 11 is 3.46. The van der Waals surface area contributed by atoms with Crippen LogP contribution in [-0.2, 0) is 14.3 Å². The highest BCUT2D eigenvalue weighted by Crippen LogP contribution is 2.43. The van der Waals surface area contributed by atoms with E-state index in [-0.39, 0.29) is 30.3 Å². The summed E-state index contributed by atoms with van der Waals surface area (Å²) in [7, 11) is 1.76. The molecule has 0 spiro atoms.